The minimum Gasteiger partial charge on any atom is -0.344 e. The summed E-state index contributed by atoms with van der Waals surface area (Å²) in [6, 6.07) is 3.74. The Kier molecular flexibility index (Phi) is 6.51. The van der Waals surface area contributed by atoms with Crippen molar-refractivity contribution in [1.82, 2.24) is 10.2 Å². The molecule has 5 nitrogen and oxygen atoms in total. The fourth-order valence-corrected chi connectivity index (χ4v) is 0.776. The van der Waals surface area contributed by atoms with E-state index in [0.717, 1.165) is 0 Å². The summed E-state index contributed by atoms with van der Waals surface area (Å²) in [6.45, 7) is 0.280. The average molecular weight is 190 g/mol. The Bertz CT molecular complexity index is 288. The lowest BCUT2D eigenvalue weighted by molar-refractivity contribution is -0.121. The first-order valence-corrected chi connectivity index (χ1v) is 3.91. The smallest absolute Gasteiger partial charge is 0.234 e. The van der Waals surface area contributed by atoms with E-state index in [-0.39, 0.29) is 32.1 Å². The predicted octanol–water partition coefficient (Wildman–Crippen LogP) is -0.915. The molecule has 0 spiro atoms. The zero-order valence-electron chi connectivity index (χ0n) is 7.66. The first kappa shape index (κ1) is 12.0. The molecule has 0 aliphatic heterocycles. The maximum Gasteiger partial charge on any atom is 0.234 e. The Morgan fingerprint density at radius 1 is 1.36 bits per heavy atom. The molecule has 0 rings (SSSR count). The van der Waals surface area contributed by atoms with Crippen LogP contribution in [0.2, 0.25) is 0 Å². The molecule has 0 aromatic rings. The van der Waals surface area contributed by atoms with E-state index in [1.807, 2.05) is 12.1 Å². The van der Waals surface area contributed by atoms with E-state index in [0.29, 0.717) is 0 Å². The fraction of sp³-hybridized carbons (Fsp3) is 0.444. The van der Waals surface area contributed by atoms with Crippen LogP contribution in [0.4, 0.5) is 0 Å². The third-order valence-corrected chi connectivity index (χ3v) is 1.34. The molecule has 0 bridgehead atoms. The van der Waals surface area contributed by atoms with E-state index < -0.39 is 0 Å². The van der Waals surface area contributed by atoms with Gasteiger partial charge in [0.25, 0.3) is 0 Å². The number of amides is 1. The highest BCUT2D eigenvalue weighted by atomic mass is 16.2. The minimum absolute atomic E-state index is 0.0167. The highest BCUT2D eigenvalue weighted by molar-refractivity contribution is 5.78. The molecule has 0 saturated carbocycles. The Hall–Kier alpha value is -2.03. The molecule has 1 N–H and O–H groups in total. The second kappa shape index (κ2) is 7.61. The molecule has 0 unspecified atom stereocenters. The molecule has 0 aliphatic carbocycles. The Morgan fingerprint density at radius 3 is 2.36 bits per heavy atom. The van der Waals surface area contributed by atoms with Crippen molar-refractivity contribution < 1.29 is 4.79 Å². The van der Waals surface area contributed by atoms with Gasteiger partial charge in [-0.05, 0) is 0 Å². The van der Waals surface area contributed by atoms with Crippen molar-refractivity contribution in [3.8, 4) is 24.5 Å². The summed E-state index contributed by atoms with van der Waals surface area (Å²) in [4.78, 5) is 12.5. The second-order valence-corrected chi connectivity index (χ2v) is 2.44. The molecule has 0 aromatic carbocycles. The van der Waals surface area contributed by atoms with Crippen molar-refractivity contribution in [2.45, 2.75) is 0 Å². The molecule has 72 valence electrons. The van der Waals surface area contributed by atoms with Crippen molar-refractivity contribution in [3.63, 3.8) is 0 Å². The third kappa shape index (κ3) is 5.60. The van der Waals surface area contributed by atoms with Crippen molar-refractivity contribution in [2.75, 3.05) is 26.2 Å². The van der Waals surface area contributed by atoms with Crippen molar-refractivity contribution in [1.29, 1.82) is 10.5 Å². The number of terminal acetylenes is 1. The summed E-state index contributed by atoms with van der Waals surface area (Å²) < 4.78 is 0. The Morgan fingerprint density at radius 2 is 1.93 bits per heavy atom. The number of carbonyl (C=O) groups is 1. The van der Waals surface area contributed by atoms with Gasteiger partial charge in [0.15, 0.2) is 0 Å². The summed E-state index contributed by atoms with van der Waals surface area (Å²) in [7, 11) is 0. The lowest BCUT2D eigenvalue weighted by Gasteiger charge is -2.13. The van der Waals surface area contributed by atoms with Crippen molar-refractivity contribution in [3.05, 3.63) is 0 Å². The first-order valence-electron chi connectivity index (χ1n) is 3.91. The average Bonchev–Trinajstić information content (AvgIpc) is 2.15. The van der Waals surface area contributed by atoms with Gasteiger partial charge in [-0.1, -0.05) is 5.92 Å². The third-order valence-electron chi connectivity index (χ3n) is 1.34. The summed E-state index contributed by atoms with van der Waals surface area (Å²) >= 11 is 0. The Labute approximate surface area is 82.9 Å². The van der Waals surface area contributed by atoms with Crippen molar-refractivity contribution in [2.24, 2.45) is 0 Å². The van der Waals surface area contributed by atoms with Gasteiger partial charge in [0.05, 0.1) is 38.3 Å². The molecule has 0 fully saturated rings. The molecule has 0 saturated heterocycles. The van der Waals surface area contributed by atoms with Gasteiger partial charge in [0.2, 0.25) is 5.91 Å². The van der Waals surface area contributed by atoms with E-state index in [2.05, 4.69) is 11.2 Å². The highest BCUT2D eigenvalue weighted by Gasteiger charge is 2.08. The van der Waals surface area contributed by atoms with Crippen LogP contribution in [-0.4, -0.2) is 37.0 Å². The van der Waals surface area contributed by atoms with Gasteiger partial charge in [-0.25, -0.2) is 0 Å². The number of rotatable bonds is 5. The van der Waals surface area contributed by atoms with Crippen LogP contribution in [0.15, 0.2) is 0 Å². The van der Waals surface area contributed by atoms with E-state index >= 15 is 0 Å². The van der Waals surface area contributed by atoms with Crippen LogP contribution in [0, 0.1) is 35.0 Å². The monoisotopic (exact) mass is 190 g/mol. The molecular formula is C9H10N4O. The topological polar surface area (TPSA) is 79.9 Å². The summed E-state index contributed by atoms with van der Waals surface area (Å²) in [5.41, 5.74) is 0. The molecule has 0 aliphatic rings. The number of hydrogen-bond acceptors (Lipinski definition) is 4. The molecule has 0 heterocycles. The fourth-order valence-electron chi connectivity index (χ4n) is 0.776. The van der Waals surface area contributed by atoms with E-state index in [9.17, 15) is 4.79 Å². The second-order valence-electron chi connectivity index (χ2n) is 2.44. The minimum atomic E-state index is -0.284. The van der Waals surface area contributed by atoms with E-state index in [4.69, 9.17) is 16.9 Å². The maximum absolute atomic E-state index is 11.1. The first-order chi connectivity index (χ1) is 6.74. The maximum atomic E-state index is 11.1. The molecular weight excluding hydrogens is 180 g/mol. The molecule has 0 radical (unpaired) electrons. The Balaban J connectivity index is 3.93. The molecule has 0 aromatic heterocycles. The number of carbonyl (C=O) groups excluding carboxylic acids is 1. The summed E-state index contributed by atoms with van der Waals surface area (Å²) in [5.74, 6) is 1.97. The lowest BCUT2D eigenvalue weighted by atomic mass is 10.4. The van der Waals surface area contributed by atoms with Crippen LogP contribution >= 0.6 is 0 Å². The number of nitrogens with one attached hydrogen (secondary N) is 1. The van der Waals surface area contributed by atoms with Crippen LogP contribution in [0.5, 0.6) is 0 Å². The van der Waals surface area contributed by atoms with Crippen LogP contribution in [0.25, 0.3) is 0 Å². The van der Waals surface area contributed by atoms with Crippen LogP contribution < -0.4 is 5.32 Å². The van der Waals surface area contributed by atoms with Crippen LogP contribution in [0.3, 0.4) is 0 Å². The van der Waals surface area contributed by atoms with Crippen LogP contribution in [-0.2, 0) is 4.79 Å². The van der Waals surface area contributed by atoms with Gasteiger partial charge in [-0.2, -0.15) is 10.5 Å². The molecule has 14 heavy (non-hydrogen) atoms. The lowest BCUT2D eigenvalue weighted by Crippen LogP contribution is -2.37. The standard InChI is InChI=1S/C9H10N4O/c1-2-5-12-9(14)8-13(6-3-10)7-4-11/h1H,5-8H2,(H,12,14). The molecule has 1 amide bonds. The van der Waals surface area contributed by atoms with E-state index in [1.165, 1.54) is 4.90 Å². The largest absolute Gasteiger partial charge is 0.344 e. The van der Waals surface area contributed by atoms with Gasteiger partial charge in [0.1, 0.15) is 0 Å². The number of hydrogen-bond donors (Lipinski definition) is 1. The van der Waals surface area contributed by atoms with Crippen molar-refractivity contribution >= 4 is 5.91 Å². The van der Waals surface area contributed by atoms with Gasteiger partial charge in [-0.15, -0.1) is 6.42 Å². The number of nitriles is 2. The predicted molar refractivity (Wildman–Crippen MR) is 49.5 cm³/mol. The zero-order chi connectivity index (χ0) is 10.8. The van der Waals surface area contributed by atoms with Gasteiger partial charge >= 0.3 is 0 Å². The van der Waals surface area contributed by atoms with Gasteiger partial charge < -0.3 is 5.32 Å². The SMILES string of the molecule is C#CCNC(=O)CN(CC#N)CC#N. The quantitative estimate of drug-likeness (QED) is 0.449. The normalized spacial score (nSPS) is 8.43. The zero-order valence-corrected chi connectivity index (χ0v) is 7.66. The van der Waals surface area contributed by atoms with E-state index in [1.54, 1.807) is 0 Å². The van der Waals surface area contributed by atoms with Gasteiger partial charge in [0, 0.05) is 0 Å². The molecule has 5 heteroatoms. The van der Waals surface area contributed by atoms with Crippen LogP contribution in [0.1, 0.15) is 0 Å². The number of nitrogens with zero attached hydrogens (tertiary/aromatic N) is 3. The summed E-state index contributed by atoms with van der Waals surface area (Å²) in [5, 5.41) is 19.2. The summed E-state index contributed by atoms with van der Waals surface area (Å²) in [6.07, 6.45) is 4.94. The molecule has 0 atom stereocenters. The van der Waals surface area contributed by atoms with Gasteiger partial charge in [-0.3, -0.25) is 9.69 Å². The highest BCUT2D eigenvalue weighted by Crippen LogP contribution is 1.85.